The number of hydrogen-bond donors (Lipinski definition) is 0. The van der Waals surface area contributed by atoms with Crippen molar-refractivity contribution in [3.8, 4) is 22.3 Å². The molecule has 87 heavy (non-hydrogen) atoms. The zero-order valence-corrected chi connectivity index (χ0v) is 61.1. The summed E-state index contributed by atoms with van der Waals surface area (Å²) in [6, 6.07) is 50.6. The Kier molecular flexibility index (Phi) is 24.6. The zero-order chi connectivity index (χ0) is 60.2. The molecule has 6 aromatic carbocycles. The van der Waals surface area contributed by atoms with Crippen molar-refractivity contribution in [2.24, 2.45) is 35.5 Å². The van der Waals surface area contributed by atoms with Gasteiger partial charge in [-0.2, -0.15) is 0 Å². The molecule has 0 bridgehead atoms. The Morgan fingerprint density at radius 2 is 0.759 bits per heavy atom. The van der Waals surface area contributed by atoms with E-state index >= 15 is 0 Å². The van der Waals surface area contributed by atoms with Crippen LogP contribution >= 0.6 is 17.0 Å². The fourth-order valence-corrected chi connectivity index (χ4v) is 31.1. The molecule has 0 heterocycles. The van der Waals surface area contributed by atoms with Crippen molar-refractivity contribution in [2.45, 2.75) is 166 Å². The van der Waals surface area contributed by atoms with Crippen LogP contribution in [0.3, 0.4) is 0 Å². The fraction of sp³-hybridized carbons (Fsp3) is 0.462. The average Bonchev–Trinajstić information content (AvgIpc) is 1.82. The number of halogens is 2. The second-order valence-corrected chi connectivity index (χ2v) is 41.3. The summed E-state index contributed by atoms with van der Waals surface area (Å²) in [6.07, 6.45) is 16.5. The number of methoxy groups -OCH3 is 4. The van der Waals surface area contributed by atoms with E-state index in [1.54, 1.807) is 39.6 Å². The van der Waals surface area contributed by atoms with Gasteiger partial charge in [-0.1, -0.05) is 222 Å². The number of rotatable bonds is 16. The van der Waals surface area contributed by atoms with E-state index in [4.69, 9.17) is 36.0 Å². The molecule has 4 fully saturated rings. The predicted octanol–water partition coefficient (Wildman–Crippen LogP) is 22.3. The van der Waals surface area contributed by atoms with Crippen molar-refractivity contribution < 1.29 is 39.8 Å². The van der Waals surface area contributed by atoms with Crippen LogP contribution in [0.15, 0.2) is 145 Å². The molecule has 12 unspecified atom stereocenters. The van der Waals surface area contributed by atoms with Crippen LogP contribution in [0.1, 0.15) is 158 Å². The summed E-state index contributed by atoms with van der Waals surface area (Å²) in [6.45, 7) is 23.7. The Morgan fingerprint density at radius 1 is 0.437 bits per heavy atom. The van der Waals surface area contributed by atoms with Gasteiger partial charge >= 0.3 is 37.9 Å². The van der Waals surface area contributed by atoms with Gasteiger partial charge < -0.3 is 33.8 Å². The Morgan fingerprint density at radius 3 is 1.08 bits per heavy atom. The maximum absolute atomic E-state index is 5.39. The van der Waals surface area contributed by atoms with Gasteiger partial charge in [0.05, 0.1) is 42.6 Å². The van der Waals surface area contributed by atoms with E-state index in [0.717, 1.165) is 71.6 Å². The SMILES string of the molecule is COCc1ccc(-c2cccc3c2C=C(C)C3[Si](C)(C)C2C(C)=Cc3c(-c4ccc(COC)cc4)cccc32)cc1.COCc1ccc(C2CCCC3C2CC(C)C3[Si](C)(C)C2C(C)CC3C(c4ccc(COC)cc4)CCCC32)cc1.[CH3-].[CH3-].[Cl][Zr+2][Cl]. The van der Waals surface area contributed by atoms with E-state index in [-0.39, 0.29) is 14.9 Å². The Hall–Kier alpha value is -3.46. The van der Waals surface area contributed by atoms with E-state index in [0.29, 0.717) is 24.3 Å². The van der Waals surface area contributed by atoms with Crippen molar-refractivity contribution in [1.29, 1.82) is 0 Å². The van der Waals surface area contributed by atoms with Gasteiger partial charge in [-0.3, -0.25) is 0 Å². The van der Waals surface area contributed by atoms with Gasteiger partial charge in [0.15, 0.2) is 0 Å². The van der Waals surface area contributed by atoms with Gasteiger partial charge in [-0.25, -0.2) is 0 Å². The van der Waals surface area contributed by atoms with Gasteiger partial charge in [0.25, 0.3) is 0 Å². The maximum atomic E-state index is 5.39. The molecular weight excluding hydrogens is 1220 g/mol. The number of allylic oxidation sites excluding steroid dienone is 2. The molecule has 0 radical (unpaired) electrons. The number of ether oxygens (including phenoxy) is 4. The number of fused-ring (bicyclic) bond motifs is 4. The molecule has 0 spiro atoms. The van der Waals surface area contributed by atoms with Gasteiger partial charge in [0.2, 0.25) is 0 Å². The van der Waals surface area contributed by atoms with Crippen molar-refractivity contribution >= 4 is 45.3 Å². The van der Waals surface area contributed by atoms with Crippen molar-refractivity contribution in [3.05, 3.63) is 215 Å². The first-order chi connectivity index (χ1) is 41.1. The van der Waals surface area contributed by atoms with Crippen LogP contribution < -0.4 is 0 Å². The first-order valence-electron chi connectivity index (χ1n) is 32.0. The quantitative estimate of drug-likeness (QED) is 0.0715. The summed E-state index contributed by atoms with van der Waals surface area (Å²) in [5.74, 6) is 6.97. The summed E-state index contributed by atoms with van der Waals surface area (Å²) >= 11 is -0.826. The van der Waals surface area contributed by atoms with Crippen LogP contribution in [0.2, 0.25) is 37.3 Å². The van der Waals surface area contributed by atoms with Crippen molar-refractivity contribution in [3.63, 3.8) is 0 Å². The van der Waals surface area contributed by atoms with E-state index in [9.17, 15) is 0 Å². The summed E-state index contributed by atoms with van der Waals surface area (Å²) in [5.41, 5.74) is 25.2. The minimum atomic E-state index is -1.92. The molecule has 12 rings (SSSR count). The first kappa shape index (κ1) is 69.4. The molecule has 0 aliphatic heterocycles. The van der Waals surface area contributed by atoms with Crippen molar-refractivity contribution in [1.82, 2.24) is 0 Å². The second-order valence-electron chi connectivity index (χ2n) is 27.8. The van der Waals surface area contributed by atoms with E-state index in [1.807, 2.05) is 0 Å². The Balaban J connectivity index is 0.000000211. The number of hydrogen-bond acceptors (Lipinski definition) is 4. The van der Waals surface area contributed by atoms with Crippen molar-refractivity contribution in [2.75, 3.05) is 28.4 Å². The van der Waals surface area contributed by atoms with Gasteiger partial charge in [0.1, 0.15) is 0 Å². The van der Waals surface area contributed by atoms with Crippen LogP contribution in [0.25, 0.3) is 34.4 Å². The average molecular weight is 1320 g/mol. The van der Waals surface area contributed by atoms with Gasteiger partial charge in [-0.15, -0.1) is 0 Å². The predicted molar refractivity (Wildman–Crippen MR) is 374 cm³/mol. The molecule has 0 amide bonds. The number of benzene rings is 6. The summed E-state index contributed by atoms with van der Waals surface area (Å²) in [5, 5.41) is 0. The summed E-state index contributed by atoms with van der Waals surface area (Å²) in [7, 11) is 13.5. The molecule has 0 N–H and O–H groups in total. The molecule has 464 valence electrons. The summed E-state index contributed by atoms with van der Waals surface area (Å²) in [4.78, 5) is 0. The third-order valence-electron chi connectivity index (χ3n) is 22.0. The van der Waals surface area contributed by atoms with Crippen LogP contribution in [0.5, 0.6) is 0 Å². The van der Waals surface area contributed by atoms with E-state index in [2.05, 4.69) is 199 Å². The molecule has 6 aliphatic carbocycles. The van der Waals surface area contributed by atoms with Gasteiger partial charge in [0, 0.05) is 39.5 Å². The minimum absolute atomic E-state index is 0. The van der Waals surface area contributed by atoms with E-state index in [1.165, 1.54) is 129 Å². The van der Waals surface area contributed by atoms with E-state index < -0.39 is 37.0 Å². The van der Waals surface area contributed by atoms with Crippen LogP contribution in [0.4, 0.5) is 0 Å². The molecule has 12 atom stereocenters. The molecule has 0 saturated heterocycles. The molecule has 4 nitrogen and oxygen atoms in total. The topological polar surface area (TPSA) is 36.9 Å². The molecule has 4 saturated carbocycles. The third-order valence-corrected chi connectivity index (χ3v) is 32.0. The molecule has 9 heteroatoms. The fourth-order valence-electron chi connectivity index (χ4n) is 19.5. The zero-order valence-electron chi connectivity index (χ0n) is 55.2. The Bertz CT molecular complexity index is 3030. The second kappa shape index (κ2) is 30.8. The van der Waals surface area contributed by atoms with Crippen LogP contribution in [-0.2, 0) is 66.2 Å². The third kappa shape index (κ3) is 14.4. The molecule has 6 aromatic rings. The summed E-state index contributed by atoms with van der Waals surface area (Å²) < 4.78 is 21.4. The van der Waals surface area contributed by atoms with Crippen LogP contribution in [-0.4, -0.2) is 44.6 Å². The molecular formula is C78H102Cl2O4Si2Zr. The van der Waals surface area contributed by atoms with Gasteiger partial charge in [-0.05, 0) is 176 Å². The Labute approximate surface area is 547 Å². The monoisotopic (exact) mass is 1320 g/mol. The van der Waals surface area contributed by atoms with Crippen LogP contribution in [0, 0.1) is 50.4 Å². The molecule has 6 aliphatic rings. The molecule has 0 aromatic heterocycles. The standard InChI is InChI=1S/C38H56O2Si.C38H40O2Si.2CH3.2ClH.Zr/c2*1-25-21-35-31(29-17-13-27(14-18-29)23-39-3)9-7-11-33(35)37(25)41(5,6)38-26(2)22-36-32(10-8-12-34(36)38)30-19-15-28(16-20-30)24-40-4;;;;;/h13-20,25-26,31-38H,7-12,21-24H2,1-6H3;7-22,37-38H,23-24H2,1-6H3;2*1H3;2*1H;/q;;2*-1;;;+4/p-2. The normalized spacial score (nSPS) is 26.0. The first-order valence-corrected chi connectivity index (χ1v) is 44.6.